The third kappa shape index (κ3) is 3.99. The van der Waals surface area contributed by atoms with Crippen LogP contribution in [0, 0.1) is 18.3 Å². The van der Waals surface area contributed by atoms with Gasteiger partial charge in [0.25, 0.3) is 0 Å². The van der Waals surface area contributed by atoms with E-state index in [0.29, 0.717) is 22.6 Å². The molecule has 2 aromatic carbocycles. The second-order valence-electron chi connectivity index (χ2n) is 7.68. The lowest BCUT2D eigenvalue weighted by Crippen LogP contribution is -2.41. The van der Waals surface area contributed by atoms with E-state index in [0.717, 1.165) is 40.6 Å². The highest BCUT2D eigenvalue weighted by molar-refractivity contribution is 7.99. The van der Waals surface area contributed by atoms with E-state index >= 15 is 0 Å². The van der Waals surface area contributed by atoms with Crippen LogP contribution in [0.15, 0.2) is 51.7 Å². The van der Waals surface area contributed by atoms with Crippen LogP contribution in [-0.4, -0.2) is 39.0 Å². The minimum Gasteiger partial charge on any atom is -0.408 e. The van der Waals surface area contributed by atoms with Crippen molar-refractivity contribution in [2.75, 3.05) is 34.0 Å². The van der Waals surface area contributed by atoms with E-state index in [1.54, 1.807) is 30.0 Å². The fraction of sp³-hybridized carbons (Fsp3) is 0.217. The minimum absolute atomic E-state index is 0.136. The van der Waals surface area contributed by atoms with E-state index in [1.807, 2.05) is 31.2 Å². The molecular formula is C23H21N7O2S. The van der Waals surface area contributed by atoms with Crippen LogP contribution in [0.3, 0.4) is 0 Å². The van der Waals surface area contributed by atoms with Crippen LogP contribution in [0.2, 0.25) is 0 Å². The minimum atomic E-state index is -0.504. The lowest BCUT2D eigenvalue weighted by molar-refractivity contribution is 0.555. The first-order valence-corrected chi connectivity index (χ1v) is 11.6. The Labute approximate surface area is 193 Å². The number of nitrogen functional groups attached to an aromatic ring is 1. The predicted molar refractivity (Wildman–Crippen MR) is 131 cm³/mol. The molecule has 0 spiro atoms. The number of nitrogens with two attached hydrogens (primary N) is 1. The molecule has 1 atom stereocenters. The highest BCUT2D eigenvalue weighted by atomic mass is 32.2. The van der Waals surface area contributed by atoms with Crippen LogP contribution in [-0.2, 0) is 0 Å². The van der Waals surface area contributed by atoms with Gasteiger partial charge in [0.2, 0.25) is 5.95 Å². The molecule has 10 heteroatoms. The molecule has 1 aliphatic heterocycles. The number of hydrogen-bond donors (Lipinski definition) is 3. The third-order valence-corrected chi connectivity index (χ3v) is 6.61. The summed E-state index contributed by atoms with van der Waals surface area (Å²) in [6.07, 6.45) is 0. The number of fused-ring (bicyclic) bond motifs is 1. The Kier molecular flexibility index (Phi) is 5.40. The van der Waals surface area contributed by atoms with Gasteiger partial charge in [-0.3, -0.25) is 4.98 Å². The number of nitrogens with zero attached hydrogens (tertiary/aromatic N) is 4. The van der Waals surface area contributed by atoms with Crippen molar-refractivity contribution >= 4 is 46.0 Å². The largest absolute Gasteiger partial charge is 0.417 e. The van der Waals surface area contributed by atoms with Crippen LogP contribution in [0.5, 0.6) is 0 Å². The number of anilines is 4. The van der Waals surface area contributed by atoms with Crippen LogP contribution in [0.1, 0.15) is 5.56 Å². The standard InChI is InChI=1S/C23H21N7O2S/c1-13-20(16-4-2-3-5-18(16)30-8-9-33-12-15(30)11-24)28-22(25)29-21(13)26-14-6-7-19-17(10-14)27-23(31)32-19/h2-7,10,15H,8-9,12H2,1H3,(H,27,31)(H3,25,26,28,29). The van der Waals surface area contributed by atoms with E-state index in [1.165, 1.54) is 0 Å². The van der Waals surface area contributed by atoms with Crippen LogP contribution in [0.25, 0.3) is 22.4 Å². The zero-order valence-corrected chi connectivity index (χ0v) is 18.6. The summed E-state index contributed by atoms with van der Waals surface area (Å²) in [5.74, 6) is 1.92. The number of aromatic nitrogens is 3. The Balaban J connectivity index is 1.56. The highest BCUT2D eigenvalue weighted by Crippen LogP contribution is 2.37. The van der Waals surface area contributed by atoms with Gasteiger partial charge in [0, 0.05) is 40.6 Å². The van der Waals surface area contributed by atoms with Crippen molar-refractivity contribution < 1.29 is 4.42 Å². The van der Waals surface area contributed by atoms with Gasteiger partial charge in [-0.1, -0.05) is 18.2 Å². The zero-order valence-electron chi connectivity index (χ0n) is 17.8. The van der Waals surface area contributed by atoms with Crippen molar-refractivity contribution in [1.29, 1.82) is 5.26 Å². The summed E-state index contributed by atoms with van der Waals surface area (Å²) in [6.45, 7) is 2.72. The maximum absolute atomic E-state index is 11.5. The summed E-state index contributed by atoms with van der Waals surface area (Å²) in [5.41, 5.74) is 11.3. The number of nitriles is 1. The van der Waals surface area contributed by atoms with Crippen molar-refractivity contribution in [3.05, 3.63) is 58.6 Å². The number of aromatic amines is 1. The first-order chi connectivity index (χ1) is 16.0. The van der Waals surface area contributed by atoms with Crippen LogP contribution < -0.4 is 21.7 Å². The van der Waals surface area contributed by atoms with Gasteiger partial charge in [0.1, 0.15) is 11.9 Å². The molecule has 5 rings (SSSR count). The summed E-state index contributed by atoms with van der Waals surface area (Å²) in [6, 6.07) is 15.4. The summed E-state index contributed by atoms with van der Waals surface area (Å²) in [4.78, 5) is 25.2. The third-order valence-electron chi connectivity index (χ3n) is 5.59. The van der Waals surface area contributed by atoms with Gasteiger partial charge in [-0.25, -0.2) is 9.78 Å². The second-order valence-corrected chi connectivity index (χ2v) is 8.83. The number of benzene rings is 2. The van der Waals surface area contributed by atoms with Gasteiger partial charge in [0.05, 0.1) is 17.3 Å². The lowest BCUT2D eigenvalue weighted by atomic mass is 10.0. The monoisotopic (exact) mass is 459 g/mol. The molecule has 0 saturated carbocycles. The van der Waals surface area contributed by atoms with Gasteiger partial charge in [-0.2, -0.15) is 22.0 Å². The van der Waals surface area contributed by atoms with Gasteiger partial charge >= 0.3 is 5.76 Å². The lowest BCUT2D eigenvalue weighted by Gasteiger charge is -2.34. The molecule has 4 aromatic rings. The highest BCUT2D eigenvalue weighted by Gasteiger charge is 2.26. The maximum Gasteiger partial charge on any atom is 0.417 e. The fourth-order valence-corrected chi connectivity index (χ4v) is 4.98. The fourth-order valence-electron chi connectivity index (χ4n) is 4.01. The molecule has 1 unspecified atom stereocenters. The predicted octanol–water partition coefficient (Wildman–Crippen LogP) is 3.66. The number of rotatable bonds is 4. The van der Waals surface area contributed by atoms with E-state index in [2.05, 4.69) is 31.2 Å². The van der Waals surface area contributed by atoms with E-state index < -0.39 is 5.76 Å². The molecule has 166 valence electrons. The van der Waals surface area contributed by atoms with Crippen molar-refractivity contribution in [3.8, 4) is 17.3 Å². The summed E-state index contributed by atoms with van der Waals surface area (Å²) in [5, 5.41) is 13.0. The molecule has 0 aliphatic carbocycles. The van der Waals surface area contributed by atoms with Gasteiger partial charge in [-0.15, -0.1) is 0 Å². The second kappa shape index (κ2) is 8.52. The molecule has 0 bridgehead atoms. The Morgan fingerprint density at radius 2 is 2.15 bits per heavy atom. The molecule has 4 N–H and O–H groups in total. The molecule has 1 aliphatic rings. The van der Waals surface area contributed by atoms with E-state index in [-0.39, 0.29) is 12.0 Å². The molecular weight excluding hydrogens is 438 g/mol. The van der Waals surface area contributed by atoms with Crippen molar-refractivity contribution in [2.24, 2.45) is 0 Å². The number of hydrogen-bond acceptors (Lipinski definition) is 9. The van der Waals surface area contributed by atoms with Crippen molar-refractivity contribution in [2.45, 2.75) is 13.0 Å². The average molecular weight is 460 g/mol. The molecule has 33 heavy (non-hydrogen) atoms. The molecule has 3 heterocycles. The first kappa shape index (κ1) is 20.9. The Hall–Kier alpha value is -3.97. The Bertz CT molecular complexity index is 1440. The van der Waals surface area contributed by atoms with Crippen molar-refractivity contribution in [1.82, 2.24) is 15.0 Å². The molecule has 0 amide bonds. The topological polar surface area (TPSA) is 137 Å². The normalized spacial score (nSPS) is 16.0. The zero-order chi connectivity index (χ0) is 22.9. The van der Waals surface area contributed by atoms with Crippen molar-refractivity contribution in [3.63, 3.8) is 0 Å². The average Bonchev–Trinajstić information content (AvgIpc) is 3.20. The molecule has 1 fully saturated rings. The first-order valence-electron chi connectivity index (χ1n) is 10.4. The van der Waals surface area contributed by atoms with Gasteiger partial charge < -0.3 is 20.4 Å². The Morgan fingerprint density at radius 1 is 1.30 bits per heavy atom. The number of H-pyrrole nitrogens is 1. The summed E-state index contributed by atoms with van der Waals surface area (Å²) < 4.78 is 5.07. The van der Waals surface area contributed by atoms with E-state index in [9.17, 15) is 10.1 Å². The maximum atomic E-state index is 11.5. The van der Waals surface area contributed by atoms with E-state index in [4.69, 9.17) is 10.2 Å². The smallest absolute Gasteiger partial charge is 0.408 e. The van der Waals surface area contributed by atoms with Gasteiger partial charge in [-0.05, 0) is 31.2 Å². The number of para-hydroxylation sites is 1. The number of thioether (sulfide) groups is 1. The summed E-state index contributed by atoms with van der Waals surface area (Å²) >= 11 is 1.79. The molecule has 1 saturated heterocycles. The van der Waals surface area contributed by atoms with Crippen LogP contribution in [0.4, 0.5) is 23.1 Å². The molecule has 2 aromatic heterocycles. The number of nitrogens with one attached hydrogen (secondary N) is 2. The number of oxazole rings is 1. The van der Waals surface area contributed by atoms with Crippen LogP contribution >= 0.6 is 11.8 Å². The molecule has 0 radical (unpaired) electrons. The quantitative estimate of drug-likeness (QED) is 0.417. The summed E-state index contributed by atoms with van der Waals surface area (Å²) in [7, 11) is 0. The van der Waals surface area contributed by atoms with Gasteiger partial charge in [0.15, 0.2) is 5.58 Å². The molecule has 9 nitrogen and oxygen atoms in total. The Morgan fingerprint density at radius 3 is 3.00 bits per heavy atom. The SMILES string of the molecule is Cc1c(Nc2ccc3oc(=O)[nH]c3c2)nc(N)nc1-c1ccccc1N1CCSCC1C#N.